The van der Waals surface area contributed by atoms with Crippen molar-refractivity contribution < 1.29 is 9.59 Å². The molecule has 7 nitrogen and oxygen atoms in total. The predicted octanol–water partition coefficient (Wildman–Crippen LogP) is 0.878. The van der Waals surface area contributed by atoms with Crippen LogP contribution in [0.4, 0.5) is 0 Å². The van der Waals surface area contributed by atoms with Crippen LogP contribution in [0.25, 0.3) is 0 Å². The molecule has 1 fully saturated rings. The Bertz CT molecular complexity index is 499. The van der Waals surface area contributed by atoms with Gasteiger partial charge in [0.15, 0.2) is 0 Å². The minimum atomic E-state index is -0.180. The van der Waals surface area contributed by atoms with Crippen molar-refractivity contribution in [3.63, 3.8) is 0 Å². The van der Waals surface area contributed by atoms with E-state index in [9.17, 15) is 9.59 Å². The van der Waals surface area contributed by atoms with Crippen LogP contribution in [-0.2, 0) is 16.1 Å². The summed E-state index contributed by atoms with van der Waals surface area (Å²) in [5.74, 6) is 0.856. The van der Waals surface area contributed by atoms with E-state index >= 15 is 0 Å². The molecule has 2 rings (SSSR count). The normalized spacial score (nSPS) is 16.3. The summed E-state index contributed by atoms with van der Waals surface area (Å²) in [4.78, 5) is 29.4. The van der Waals surface area contributed by atoms with E-state index in [4.69, 9.17) is 0 Å². The third kappa shape index (κ3) is 4.03. The number of rotatable bonds is 7. The van der Waals surface area contributed by atoms with E-state index in [2.05, 4.69) is 22.3 Å². The fourth-order valence-electron chi connectivity index (χ4n) is 2.55. The van der Waals surface area contributed by atoms with Crippen LogP contribution in [0.15, 0.2) is 6.33 Å². The van der Waals surface area contributed by atoms with Crippen molar-refractivity contribution in [2.24, 2.45) is 0 Å². The van der Waals surface area contributed by atoms with Crippen LogP contribution in [-0.4, -0.2) is 44.6 Å². The first kappa shape index (κ1) is 15.5. The number of likely N-dealkylation sites (tertiary alicyclic amines) is 1. The van der Waals surface area contributed by atoms with Crippen LogP contribution in [0.1, 0.15) is 51.4 Å². The van der Waals surface area contributed by atoms with E-state index in [-0.39, 0.29) is 17.9 Å². The number of carbonyl (C=O) groups is 2. The topological polar surface area (TPSA) is 80.1 Å². The molecule has 1 saturated heterocycles. The minimum Gasteiger partial charge on any atom is -0.346 e. The Morgan fingerprint density at radius 3 is 2.95 bits per heavy atom. The maximum absolute atomic E-state index is 12.0. The summed E-state index contributed by atoms with van der Waals surface area (Å²) in [7, 11) is 0. The molecule has 1 aromatic rings. The average molecular weight is 293 g/mol. The van der Waals surface area contributed by atoms with Gasteiger partial charge in [0.2, 0.25) is 11.8 Å². The van der Waals surface area contributed by atoms with Gasteiger partial charge in [-0.15, -0.1) is 0 Å². The van der Waals surface area contributed by atoms with Crippen molar-refractivity contribution in [2.75, 3.05) is 13.1 Å². The second-order valence-electron chi connectivity index (χ2n) is 5.36. The zero-order chi connectivity index (χ0) is 15.2. The van der Waals surface area contributed by atoms with Gasteiger partial charge in [0, 0.05) is 32.5 Å². The van der Waals surface area contributed by atoms with Gasteiger partial charge in [-0.05, 0) is 19.8 Å². The lowest BCUT2D eigenvalue weighted by molar-refractivity contribution is -0.128. The van der Waals surface area contributed by atoms with Crippen molar-refractivity contribution in [1.29, 1.82) is 0 Å². The van der Waals surface area contributed by atoms with Crippen LogP contribution < -0.4 is 5.32 Å². The number of amides is 2. The van der Waals surface area contributed by atoms with E-state index in [0.717, 1.165) is 31.8 Å². The maximum atomic E-state index is 12.0. The molecule has 116 valence electrons. The Balaban J connectivity index is 1.81. The summed E-state index contributed by atoms with van der Waals surface area (Å²) in [6, 6.07) is -0.180. The number of hydrogen-bond acceptors (Lipinski definition) is 4. The third-order valence-electron chi connectivity index (χ3n) is 3.63. The van der Waals surface area contributed by atoms with Gasteiger partial charge in [0.25, 0.3) is 0 Å². The van der Waals surface area contributed by atoms with Gasteiger partial charge in [0.05, 0.1) is 6.04 Å². The maximum Gasteiger partial charge on any atom is 0.222 e. The Hall–Kier alpha value is -1.92. The summed E-state index contributed by atoms with van der Waals surface area (Å²) >= 11 is 0. The van der Waals surface area contributed by atoms with Gasteiger partial charge in [-0.1, -0.05) is 6.92 Å². The van der Waals surface area contributed by atoms with Gasteiger partial charge in [-0.2, -0.15) is 5.10 Å². The minimum absolute atomic E-state index is 0.0618. The quantitative estimate of drug-likeness (QED) is 0.809. The SMILES string of the molecule is CCCn1ncnc1[C@H](C)NC(=O)CCN1CCCC1=O. The largest absolute Gasteiger partial charge is 0.346 e. The molecule has 0 saturated carbocycles. The molecule has 2 amide bonds. The third-order valence-corrected chi connectivity index (χ3v) is 3.63. The fourth-order valence-corrected chi connectivity index (χ4v) is 2.55. The Morgan fingerprint density at radius 2 is 2.29 bits per heavy atom. The second kappa shape index (κ2) is 7.19. The molecule has 2 heterocycles. The first-order valence-corrected chi connectivity index (χ1v) is 7.56. The molecule has 1 aromatic heterocycles. The number of nitrogens with one attached hydrogen (secondary N) is 1. The van der Waals surface area contributed by atoms with Gasteiger partial charge in [-0.25, -0.2) is 9.67 Å². The molecule has 0 aliphatic carbocycles. The zero-order valence-electron chi connectivity index (χ0n) is 12.7. The molecule has 0 bridgehead atoms. The van der Waals surface area contributed by atoms with Crippen LogP contribution in [0, 0.1) is 0 Å². The molecule has 21 heavy (non-hydrogen) atoms. The van der Waals surface area contributed by atoms with Crippen molar-refractivity contribution in [3.05, 3.63) is 12.2 Å². The lowest BCUT2D eigenvalue weighted by Gasteiger charge is -2.17. The molecule has 0 unspecified atom stereocenters. The molecule has 0 aromatic carbocycles. The summed E-state index contributed by atoms with van der Waals surface area (Å²) in [5, 5.41) is 7.07. The van der Waals surface area contributed by atoms with E-state index in [0.29, 0.717) is 19.4 Å². The highest BCUT2D eigenvalue weighted by Crippen LogP contribution is 2.11. The van der Waals surface area contributed by atoms with Crippen molar-refractivity contribution in [2.45, 2.75) is 52.1 Å². The van der Waals surface area contributed by atoms with Crippen molar-refractivity contribution in [1.82, 2.24) is 25.0 Å². The number of nitrogens with zero attached hydrogens (tertiary/aromatic N) is 4. The molecule has 1 N–H and O–H groups in total. The van der Waals surface area contributed by atoms with Crippen LogP contribution >= 0.6 is 0 Å². The molecule has 1 aliphatic rings. The fraction of sp³-hybridized carbons (Fsp3) is 0.714. The monoisotopic (exact) mass is 293 g/mol. The predicted molar refractivity (Wildman–Crippen MR) is 77.3 cm³/mol. The first-order valence-electron chi connectivity index (χ1n) is 7.56. The van der Waals surface area contributed by atoms with Gasteiger partial charge < -0.3 is 10.2 Å². The van der Waals surface area contributed by atoms with E-state index in [1.807, 2.05) is 11.6 Å². The second-order valence-corrected chi connectivity index (χ2v) is 5.36. The van der Waals surface area contributed by atoms with E-state index in [1.54, 1.807) is 4.90 Å². The average Bonchev–Trinajstić information content (AvgIpc) is 3.06. The van der Waals surface area contributed by atoms with E-state index < -0.39 is 0 Å². The van der Waals surface area contributed by atoms with Crippen LogP contribution in [0.5, 0.6) is 0 Å². The lowest BCUT2D eigenvalue weighted by atomic mass is 10.2. The first-order chi connectivity index (χ1) is 10.1. The number of aromatic nitrogens is 3. The van der Waals surface area contributed by atoms with Gasteiger partial charge in [0.1, 0.15) is 12.2 Å². The lowest BCUT2D eigenvalue weighted by Crippen LogP contribution is -2.33. The van der Waals surface area contributed by atoms with Gasteiger partial charge in [-0.3, -0.25) is 9.59 Å². The zero-order valence-corrected chi connectivity index (χ0v) is 12.7. The Labute approximate surface area is 124 Å². The standard InChI is InChI=1S/C14H23N5O2/c1-3-7-19-14(15-10-16-19)11(2)17-12(20)6-9-18-8-4-5-13(18)21/h10-11H,3-9H2,1-2H3,(H,17,20)/t11-/m0/s1. The number of aryl methyl sites for hydroxylation is 1. The van der Waals surface area contributed by atoms with Crippen molar-refractivity contribution >= 4 is 11.8 Å². The molecule has 7 heteroatoms. The number of hydrogen-bond donors (Lipinski definition) is 1. The highest BCUT2D eigenvalue weighted by atomic mass is 16.2. The summed E-state index contributed by atoms with van der Waals surface area (Å²) in [5.41, 5.74) is 0. The molecule has 0 radical (unpaired) electrons. The molecular formula is C14H23N5O2. The summed E-state index contributed by atoms with van der Waals surface area (Å²) in [6.45, 7) is 6.03. The summed E-state index contributed by atoms with van der Waals surface area (Å²) < 4.78 is 1.81. The highest BCUT2D eigenvalue weighted by molar-refractivity contribution is 5.80. The van der Waals surface area contributed by atoms with Crippen molar-refractivity contribution in [3.8, 4) is 0 Å². The van der Waals surface area contributed by atoms with Gasteiger partial charge >= 0.3 is 0 Å². The number of carbonyl (C=O) groups excluding carboxylic acids is 2. The smallest absolute Gasteiger partial charge is 0.222 e. The molecule has 1 aliphatic heterocycles. The highest BCUT2D eigenvalue weighted by Gasteiger charge is 2.21. The molecular weight excluding hydrogens is 270 g/mol. The van der Waals surface area contributed by atoms with E-state index in [1.165, 1.54) is 6.33 Å². The Morgan fingerprint density at radius 1 is 1.48 bits per heavy atom. The van der Waals surface area contributed by atoms with Crippen LogP contribution in [0.2, 0.25) is 0 Å². The Kier molecular flexibility index (Phi) is 5.30. The molecule has 0 spiro atoms. The summed E-state index contributed by atoms with van der Waals surface area (Å²) in [6.07, 6.45) is 4.32. The molecule has 1 atom stereocenters. The van der Waals surface area contributed by atoms with Crippen LogP contribution in [0.3, 0.4) is 0 Å².